The van der Waals surface area contributed by atoms with E-state index in [1.54, 1.807) is 12.1 Å². The summed E-state index contributed by atoms with van der Waals surface area (Å²) in [5.41, 5.74) is 0.368. The average Bonchev–Trinajstić information content (AvgIpc) is 2.23. The molecule has 0 aliphatic carbocycles. The molecule has 0 saturated heterocycles. The van der Waals surface area contributed by atoms with Crippen LogP contribution in [0, 0.1) is 5.82 Å². The first kappa shape index (κ1) is 13.1. The van der Waals surface area contributed by atoms with Crippen LogP contribution in [0.15, 0.2) is 22.7 Å². The van der Waals surface area contributed by atoms with E-state index in [9.17, 15) is 4.39 Å². The molecule has 1 rings (SSSR count). The molecule has 0 saturated carbocycles. The standard InChI is InChI=1S/C10H11Br2FO2/c1-14-10(6-11,15-2)8-4-3-7(12)5-9(8)13/h3-5H,6H2,1-2H3. The third-order valence-electron chi connectivity index (χ3n) is 2.18. The van der Waals surface area contributed by atoms with Gasteiger partial charge < -0.3 is 9.47 Å². The number of methoxy groups -OCH3 is 2. The van der Waals surface area contributed by atoms with Gasteiger partial charge in [0.2, 0.25) is 5.79 Å². The third kappa shape index (κ3) is 2.58. The van der Waals surface area contributed by atoms with Gasteiger partial charge in [-0.25, -0.2) is 4.39 Å². The Hall–Kier alpha value is 0.0300. The van der Waals surface area contributed by atoms with Crippen LogP contribution in [0.2, 0.25) is 0 Å². The molecule has 0 N–H and O–H groups in total. The smallest absolute Gasteiger partial charge is 0.207 e. The Kier molecular flexibility index (Phi) is 4.70. The van der Waals surface area contributed by atoms with Gasteiger partial charge in [-0.1, -0.05) is 31.9 Å². The van der Waals surface area contributed by atoms with Gasteiger partial charge in [-0.05, 0) is 18.2 Å². The van der Waals surface area contributed by atoms with E-state index in [2.05, 4.69) is 31.9 Å². The molecule has 5 heteroatoms. The Bertz CT molecular complexity index is 332. The highest BCUT2D eigenvalue weighted by Crippen LogP contribution is 2.31. The molecule has 0 unspecified atom stereocenters. The highest BCUT2D eigenvalue weighted by Gasteiger charge is 2.33. The average molecular weight is 342 g/mol. The van der Waals surface area contributed by atoms with Gasteiger partial charge in [0.15, 0.2) is 0 Å². The van der Waals surface area contributed by atoms with Crippen molar-refractivity contribution in [1.29, 1.82) is 0 Å². The molecule has 15 heavy (non-hydrogen) atoms. The molecular weight excluding hydrogens is 331 g/mol. The van der Waals surface area contributed by atoms with Gasteiger partial charge >= 0.3 is 0 Å². The molecule has 1 aromatic rings. The number of rotatable bonds is 4. The van der Waals surface area contributed by atoms with Gasteiger partial charge in [-0.2, -0.15) is 0 Å². The number of benzene rings is 1. The minimum absolute atomic E-state index is 0.353. The first-order chi connectivity index (χ1) is 7.09. The summed E-state index contributed by atoms with van der Waals surface area (Å²) in [5.74, 6) is -1.45. The van der Waals surface area contributed by atoms with Crippen molar-refractivity contribution in [3.8, 4) is 0 Å². The molecule has 0 bridgehead atoms. The maximum atomic E-state index is 13.7. The maximum Gasteiger partial charge on any atom is 0.207 e. The summed E-state index contributed by atoms with van der Waals surface area (Å²) in [5, 5.41) is 0.353. The molecule has 0 aromatic heterocycles. The van der Waals surface area contributed by atoms with Gasteiger partial charge in [0.05, 0.1) is 5.33 Å². The normalized spacial score (nSPS) is 11.8. The van der Waals surface area contributed by atoms with Crippen molar-refractivity contribution in [2.45, 2.75) is 5.79 Å². The van der Waals surface area contributed by atoms with Crippen LogP contribution < -0.4 is 0 Å². The summed E-state index contributed by atoms with van der Waals surface area (Å²) in [6, 6.07) is 4.76. The Morgan fingerprint density at radius 2 is 1.93 bits per heavy atom. The first-order valence-electron chi connectivity index (χ1n) is 4.21. The van der Waals surface area contributed by atoms with Crippen LogP contribution >= 0.6 is 31.9 Å². The molecule has 0 spiro atoms. The van der Waals surface area contributed by atoms with E-state index >= 15 is 0 Å². The van der Waals surface area contributed by atoms with Crippen molar-refractivity contribution >= 4 is 31.9 Å². The topological polar surface area (TPSA) is 18.5 Å². The zero-order chi connectivity index (χ0) is 11.5. The Morgan fingerprint density at radius 1 is 1.33 bits per heavy atom. The number of hydrogen-bond donors (Lipinski definition) is 0. The van der Waals surface area contributed by atoms with Crippen molar-refractivity contribution in [3.63, 3.8) is 0 Å². The van der Waals surface area contributed by atoms with Crippen LogP contribution in [0.5, 0.6) is 0 Å². The highest BCUT2D eigenvalue weighted by atomic mass is 79.9. The van der Waals surface area contributed by atoms with Crippen LogP contribution in [-0.4, -0.2) is 19.5 Å². The summed E-state index contributed by atoms with van der Waals surface area (Å²) >= 11 is 6.45. The fourth-order valence-corrected chi connectivity index (χ4v) is 2.38. The van der Waals surface area contributed by atoms with Gasteiger partial charge in [-0.3, -0.25) is 0 Å². The van der Waals surface area contributed by atoms with Crippen molar-refractivity contribution in [1.82, 2.24) is 0 Å². The fraction of sp³-hybridized carbons (Fsp3) is 0.400. The lowest BCUT2D eigenvalue weighted by Crippen LogP contribution is -2.33. The second-order valence-corrected chi connectivity index (χ2v) is 4.40. The number of halogens is 3. The lowest BCUT2D eigenvalue weighted by atomic mass is 10.1. The van der Waals surface area contributed by atoms with Crippen molar-refractivity contribution in [2.75, 3.05) is 19.5 Å². The van der Waals surface area contributed by atoms with E-state index in [1.807, 2.05) is 0 Å². The zero-order valence-corrected chi connectivity index (χ0v) is 11.6. The quantitative estimate of drug-likeness (QED) is 0.617. The number of ether oxygens (including phenoxy) is 2. The van der Waals surface area contributed by atoms with Gasteiger partial charge in [-0.15, -0.1) is 0 Å². The third-order valence-corrected chi connectivity index (χ3v) is 3.41. The molecule has 0 aliphatic heterocycles. The maximum absolute atomic E-state index is 13.7. The second kappa shape index (κ2) is 5.39. The predicted molar refractivity (Wildman–Crippen MR) is 63.6 cm³/mol. The summed E-state index contributed by atoms with van der Waals surface area (Å²) in [7, 11) is 2.96. The molecule has 0 aliphatic rings. The van der Waals surface area contributed by atoms with Gasteiger partial charge in [0.1, 0.15) is 5.82 Å². The number of alkyl halides is 1. The molecular formula is C10H11Br2FO2. The van der Waals surface area contributed by atoms with Gasteiger partial charge in [0.25, 0.3) is 0 Å². The Balaban J connectivity index is 3.22. The van der Waals surface area contributed by atoms with Gasteiger partial charge in [0, 0.05) is 24.3 Å². The Labute approximate surface area is 105 Å². The molecule has 0 heterocycles. The molecule has 0 atom stereocenters. The van der Waals surface area contributed by atoms with Crippen LogP contribution in [0.1, 0.15) is 5.56 Å². The van der Waals surface area contributed by atoms with E-state index in [0.717, 1.165) is 0 Å². The molecule has 0 radical (unpaired) electrons. The molecule has 1 aromatic carbocycles. The lowest BCUT2D eigenvalue weighted by molar-refractivity contribution is -0.198. The molecule has 84 valence electrons. The summed E-state index contributed by atoms with van der Waals surface area (Å²) < 4.78 is 24.8. The summed E-state index contributed by atoms with van der Waals surface area (Å²) in [6.07, 6.45) is 0. The summed E-state index contributed by atoms with van der Waals surface area (Å²) in [6.45, 7) is 0. The Morgan fingerprint density at radius 3 is 2.33 bits per heavy atom. The second-order valence-electron chi connectivity index (χ2n) is 2.92. The monoisotopic (exact) mass is 340 g/mol. The van der Waals surface area contributed by atoms with Crippen molar-refractivity contribution in [2.24, 2.45) is 0 Å². The fourth-order valence-electron chi connectivity index (χ4n) is 1.28. The van der Waals surface area contributed by atoms with Crippen LogP contribution in [-0.2, 0) is 15.3 Å². The zero-order valence-electron chi connectivity index (χ0n) is 8.39. The SMILES string of the molecule is COC(CBr)(OC)c1ccc(Br)cc1F. The minimum atomic E-state index is -1.08. The minimum Gasteiger partial charge on any atom is -0.348 e. The van der Waals surface area contributed by atoms with E-state index in [0.29, 0.717) is 15.4 Å². The molecule has 2 nitrogen and oxygen atoms in total. The number of hydrogen-bond acceptors (Lipinski definition) is 2. The summed E-state index contributed by atoms with van der Waals surface area (Å²) in [4.78, 5) is 0. The van der Waals surface area contributed by atoms with Crippen LogP contribution in [0.4, 0.5) is 4.39 Å². The lowest BCUT2D eigenvalue weighted by Gasteiger charge is -2.29. The van der Waals surface area contributed by atoms with Crippen LogP contribution in [0.3, 0.4) is 0 Å². The predicted octanol–water partition coefficient (Wildman–Crippen LogP) is 3.43. The largest absolute Gasteiger partial charge is 0.348 e. The van der Waals surface area contributed by atoms with Crippen molar-refractivity contribution in [3.05, 3.63) is 34.1 Å². The highest BCUT2D eigenvalue weighted by molar-refractivity contribution is 9.10. The molecule has 0 fully saturated rings. The van der Waals surface area contributed by atoms with E-state index < -0.39 is 5.79 Å². The van der Waals surface area contributed by atoms with E-state index in [4.69, 9.17) is 9.47 Å². The molecule has 0 amide bonds. The van der Waals surface area contributed by atoms with Crippen molar-refractivity contribution < 1.29 is 13.9 Å². The van der Waals surface area contributed by atoms with E-state index in [-0.39, 0.29) is 5.82 Å². The van der Waals surface area contributed by atoms with E-state index in [1.165, 1.54) is 20.3 Å². The van der Waals surface area contributed by atoms with Crippen LogP contribution in [0.25, 0.3) is 0 Å². The first-order valence-corrected chi connectivity index (χ1v) is 6.13.